The van der Waals surface area contributed by atoms with Crippen LogP contribution in [-0.4, -0.2) is 37.0 Å². The van der Waals surface area contributed by atoms with E-state index in [2.05, 4.69) is 13.8 Å². The van der Waals surface area contributed by atoms with Gasteiger partial charge < -0.3 is 23.9 Å². The maximum absolute atomic E-state index is 11.8. The Hall–Kier alpha value is -3.22. The Labute approximate surface area is 205 Å². The summed E-state index contributed by atoms with van der Waals surface area (Å²) >= 11 is 6.38. The van der Waals surface area contributed by atoms with Gasteiger partial charge in [-0.05, 0) is 54.8 Å². The first kappa shape index (κ1) is 25.4. The second-order valence-corrected chi connectivity index (χ2v) is 8.66. The first-order chi connectivity index (χ1) is 16.3. The molecule has 6 nitrogen and oxygen atoms in total. The van der Waals surface area contributed by atoms with E-state index in [1.54, 1.807) is 43.5 Å². The zero-order valence-corrected chi connectivity index (χ0v) is 20.8. The van der Waals surface area contributed by atoms with Crippen LogP contribution in [0.15, 0.2) is 54.6 Å². The molecule has 1 heterocycles. The number of aliphatic hydroxyl groups excluding tert-OH is 1. The monoisotopic (exact) mass is 483 g/mol. The van der Waals surface area contributed by atoms with Crippen LogP contribution in [0.5, 0.6) is 11.5 Å². The summed E-state index contributed by atoms with van der Waals surface area (Å²) < 4.78 is 17.8. The number of para-hydroxylation sites is 1. The molecule has 3 aromatic rings. The lowest BCUT2D eigenvalue weighted by molar-refractivity contribution is -0.134. The van der Waals surface area contributed by atoms with Crippen molar-refractivity contribution in [2.75, 3.05) is 21.3 Å². The van der Waals surface area contributed by atoms with Crippen LogP contribution in [0.1, 0.15) is 42.5 Å². The number of halogens is 1. The normalized spacial score (nSPS) is 12.2. The molecular formula is C27H30ClNO5. The molecule has 7 heteroatoms. The maximum Gasteiger partial charge on any atom is 0.330 e. The third kappa shape index (κ3) is 5.46. The van der Waals surface area contributed by atoms with Gasteiger partial charge in [0.2, 0.25) is 0 Å². The molecule has 2 aromatic carbocycles. The predicted molar refractivity (Wildman–Crippen MR) is 134 cm³/mol. The number of aromatic nitrogens is 1. The number of nitrogens with zero attached hydrogens (tertiary/aromatic N) is 1. The minimum absolute atomic E-state index is 0.394. The number of rotatable bonds is 9. The van der Waals surface area contributed by atoms with Gasteiger partial charge in [0.1, 0.15) is 6.10 Å². The Balaban J connectivity index is 2.23. The quantitative estimate of drug-likeness (QED) is 0.316. The van der Waals surface area contributed by atoms with Gasteiger partial charge in [0.25, 0.3) is 0 Å². The molecular weight excluding hydrogens is 454 g/mol. The largest absolute Gasteiger partial charge is 0.493 e. The highest BCUT2D eigenvalue weighted by Crippen LogP contribution is 2.40. The Morgan fingerprint density at radius 2 is 1.82 bits per heavy atom. The Morgan fingerprint density at radius 1 is 1.06 bits per heavy atom. The number of methoxy groups -OCH3 is 3. The zero-order valence-electron chi connectivity index (χ0n) is 20.0. The highest BCUT2D eigenvalue weighted by atomic mass is 35.5. The van der Waals surface area contributed by atoms with Crippen molar-refractivity contribution >= 4 is 23.6 Å². The lowest BCUT2D eigenvalue weighted by atomic mass is 9.98. The van der Waals surface area contributed by atoms with Crippen molar-refractivity contribution in [3.63, 3.8) is 0 Å². The number of carbonyl (C=O) groups is 1. The third-order valence-electron chi connectivity index (χ3n) is 5.45. The van der Waals surface area contributed by atoms with Crippen LogP contribution in [0.25, 0.3) is 11.8 Å². The molecule has 180 valence electrons. The first-order valence-electron chi connectivity index (χ1n) is 11.0. The van der Waals surface area contributed by atoms with E-state index < -0.39 is 12.1 Å². The van der Waals surface area contributed by atoms with Crippen molar-refractivity contribution < 1.29 is 24.1 Å². The number of hydrogen-bond acceptors (Lipinski definition) is 5. The van der Waals surface area contributed by atoms with Crippen LogP contribution in [0, 0.1) is 5.92 Å². The fourth-order valence-corrected chi connectivity index (χ4v) is 4.14. The Bertz CT molecular complexity index is 1180. The lowest BCUT2D eigenvalue weighted by Gasteiger charge is -2.23. The molecule has 0 saturated heterocycles. The second kappa shape index (κ2) is 11.3. The summed E-state index contributed by atoms with van der Waals surface area (Å²) in [5.41, 5.74) is 3.69. The van der Waals surface area contributed by atoms with Crippen molar-refractivity contribution in [2.24, 2.45) is 5.92 Å². The van der Waals surface area contributed by atoms with Gasteiger partial charge in [-0.1, -0.05) is 37.6 Å². The van der Waals surface area contributed by atoms with Gasteiger partial charge in [-0.3, -0.25) is 0 Å². The van der Waals surface area contributed by atoms with Gasteiger partial charge in [0, 0.05) is 33.6 Å². The van der Waals surface area contributed by atoms with Crippen molar-refractivity contribution in [1.29, 1.82) is 0 Å². The topological polar surface area (TPSA) is 69.9 Å². The molecule has 0 aliphatic carbocycles. The van der Waals surface area contributed by atoms with E-state index in [4.69, 9.17) is 25.8 Å². The summed E-state index contributed by atoms with van der Waals surface area (Å²) in [4.78, 5) is 11.8. The molecule has 0 radical (unpaired) electrons. The summed E-state index contributed by atoms with van der Waals surface area (Å²) in [7, 11) is 4.43. The third-order valence-corrected chi connectivity index (χ3v) is 5.69. The van der Waals surface area contributed by atoms with Crippen LogP contribution < -0.4 is 9.47 Å². The predicted octanol–water partition coefficient (Wildman–Crippen LogP) is 5.61. The fourth-order valence-electron chi connectivity index (χ4n) is 3.96. The lowest BCUT2D eigenvalue weighted by Crippen LogP contribution is -2.12. The molecule has 1 aromatic heterocycles. The summed E-state index contributed by atoms with van der Waals surface area (Å²) in [5, 5.41) is 12.0. The molecule has 34 heavy (non-hydrogen) atoms. The number of benzene rings is 2. The summed E-state index contributed by atoms with van der Waals surface area (Å²) in [6.45, 7) is 4.28. The highest BCUT2D eigenvalue weighted by Gasteiger charge is 2.24. The van der Waals surface area contributed by atoms with Crippen molar-refractivity contribution in [3.05, 3.63) is 82.1 Å². The van der Waals surface area contributed by atoms with Crippen molar-refractivity contribution in [1.82, 2.24) is 4.57 Å². The van der Waals surface area contributed by atoms with E-state index in [0.29, 0.717) is 33.6 Å². The summed E-state index contributed by atoms with van der Waals surface area (Å²) in [6, 6.07) is 14.7. The molecule has 3 rings (SSSR count). The van der Waals surface area contributed by atoms with Crippen molar-refractivity contribution in [2.45, 2.75) is 26.4 Å². The molecule has 1 atom stereocenters. The molecule has 0 bridgehead atoms. The van der Waals surface area contributed by atoms with E-state index in [-0.39, 0.29) is 0 Å². The van der Waals surface area contributed by atoms with Crippen molar-refractivity contribution in [3.8, 4) is 17.2 Å². The maximum atomic E-state index is 11.8. The molecule has 0 saturated carbocycles. The number of hydrogen-bond donors (Lipinski definition) is 1. The molecule has 0 aliphatic rings. The highest BCUT2D eigenvalue weighted by molar-refractivity contribution is 6.30. The van der Waals surface area contributed by atoms with E-state index in [9.17, 15) is 9.90 Å². The molecule has 0 fully saturated rings. The van der Waals surface area contributed by atoms with Crippen LogP contribution in [0.3, 0.4) is 0 Å². The van der Waals surface area contributed by atoms with Gasteiger partial charge in [0.15, 0.2) is 11.5 Å². The van der Waals surface area contributed by atoms with Gasteiger partial charge in [-0.15, -0.1) is 0 Å². The summed E-state index contributed by atoms with van der Waals surface area (Å²) in [6.07, 6.45) is 2.83. The van der Waals surface area contributed by atoms with Crippen LogP contribution in [0.4, 0.5) is 0 Å². The number of carbonyl (C=O) groups excluding carboxylic acids is 1. The zero-order chi connectivity index (χ0) is 24.8. The second-order valence-electron chi connectivity index (χ2n) is 8.23. The van der Waals surface area contributed by atoms with E-state index in [1.165, 1.54) is 20.3 Å². The van der Waals surface area contributed by atoms with Gasteiger partial charge >= 0.3 is 5.97 Å². The average molecular weight is 484 g/mol. The molecule has 0 amide bonds. The van der Waals surface area contributed by atoms with E-state index in [0.717, 1.165) is 23.5 Å². The van der Waals surface area contributed by atoms with Gasteiger partial charge in [-0.25, -0.2) is 4.79 Å². The first-order valence-corrected chi connectivity index (χ1v) is 11.3. The number of esters is 1. The Morgan fingerprint density at radius 3 is 2.47 bits per heavy atom. The average Bonchev–Trinajstić information content (AvgIpc) is 3.22. The van der Waals surface area contributed by atoms with E-state index in [1.807, 2.05) is 22.8 Å². The van der Waals surface area contributed by atoms with Gasteiger partial charge in [0.05, 0.1) is 27.0 Å². The van der Waals surface area contributed by atoms with Gasteiger partial charge in [-0.2, -0.15) is 0 Å². The molecule has 0 spiro atoms. The SMILES string of the molecule is COC(=O)C=Cc1ccc(CC(C)C)n1-c1ccc(Cl)cc1C(O)c1cccc(OC)c1OC. The molecule has 1 unspecified atom stereocenters. The minimum Gasteiger partial charge on any atom is -0.493 e. The minimum atomic E-state index is -1.05. The molecule has 0 aliphatic heterocycles. The summed E-state index contributed by atoms with van der Waals surface area (Å²) in [5.74, 6) is 0.913. The van der Waals surface area contributed by atoms with Crippen LogP contribution >= 0.6 is 11.6 Å². The van der Waals surface area contributed by atoms with Crippen LogP contribution in [0.2, 0.25) is 5.02 Å². The number of ether oxygens (including phenoxy) is 3. The number of aliphatic hydroxyl groups is 1. The standard InChI is InChI=1S/C27H30ClNO5/c1-17(2)15-20-11-10-19(12-14-25(30)33-4)29(20)23-13-9-18(28)16-22(23)26(31)21-7-6-8-24(32-3)27(21)34-5/h6-14,16-17,26,31H,15H2,1-5H3. The fraction of sp³-hybridized carbons (Fsp3) is 0.296. The smallest absolute Gasteiger partial charge is 0.330 e. The van der Waals surface area contributed by atoms with Crippen LogP contribution in [-0.2, 0) is 16.0 Å². The van der Waals surface area contributed by atoms with E-state index >= 15 is 0 Å². The Kier molecular flexibility index (Phi) is 8.42. The molecule has 1 N–H and O–H groups in total.